The van der Waals surface area contributed by atoms with Gasteiger partial charge in [0.05, 0.1) is 0 Å². The molecule has 0 bridgehead atoms. The summed E-state index contributed by atoms with van der Waals surface area (Å²) in [5.74, 6) is 9.20. The lowest BCUT2D eigenvalue weighted by atomic mass is 9.92. The molecule has 1 aromatic rings. The average Bonchev–Trinajstić information content (AvgIpc) is 2.82. The molecule has 1 unspecified atom stereocenters. The molecule has 0 amide bonds. The molecule has 90 valence electrons. The Labute approximate surface area is 106 Å². The Kier molecular flexibility index (Phi) is 5.16. The third-order valence-electron chi connectivity index (χ3n) is 3.26. The van der Waals surface area contributed by atoms with E-state index in [1.54, 1.807) is 11.3 Å². The molecule has 2 nitrogen and oxygen atoms in total. The molecule has 0 spiro atoms. The van der Waals surface area contributed by atoms with Crippen molar-refractivity contribution < 1.29 is 0 Å². The number of nitrogens with one attached hydrogen (secondary N) is 1. The second-order valence-corrected chi connectivity index (χ2v) is 6.50. The molecule has 4 heteroatoms. The Balaban J connectivity index is 1.80. The van der Waals surface area contributed by atoms with Crippen molar-refractivity contribution >= 4 is 23.1 Å². The predicted molar refractivity (Wildman–Crippen MR) is 73.8 cm³/mol. The topological polar surface area (TPSA) is 38.0 Å². The first-order valence-electron chi connectivity index (χ1n) is 5.93. The number of hydrogen-bond acceptors (Lipinski definition) is 4. The van der Waals surface area contributed by atoms with Crippen LogP contribution in [0.1, 0.15) is 24.8 Å². The van der Waals surface area contributed by atoms with Gasteiger partial charge in [0.1, 0.15) is 0 Å². The van der Waals surface area contributed by atoms with E-state index < -0.39 is 0 Å². The Hall–Kier alpha value is -0.0300. The fourth-order valence-electron chi connectivity index (χ4n) is 2.29. The third-order valence-corrected chi connectivity index (χ3v) is 5.04. The lowest BCUT2D eigenvalue weighted by Gasteiger charge is -2.25. The minimum atomic E-state index is 0.447. The summed E-state index contributed by atoms with van der Waals surface area (Å²) in [6.07, 6.45) is 5.04. The van der Waals surface area contributed by atoms with E-state index in [1.807, 2.05) is 0 Å². The van der Waals surface area contributed by atoms with Crippen molar-refractivity contribution in [2.24, 2.45) is 11.8 Å². The van der Waals surface area contributed by atoms with Crippen LogP contribution < -0.4 is 11.3 Å². The summed E-state index contributed by atoms with van der Waals surface area (Å²) in [5, 5.41) is 4.36. The fourth-order valence-corrected chi connectivity index (χ4v) is 4.17. The minimum absolute atomic E-state index is 0.447. The number of hydrazine groups is 1. The molecule has 1 aliphatic heterocycles. The van der Waals surface area contributed by atoms with Gasteiger partial charge in [-0.1, -0.05) is 0 Å². The smallest absolute Gasteiger partial charge is 0.0253 e. The number of thiophene rings is 1. The Morgan fingerprint density at radius 2 is 2.25 bits per heavy atom. The van der Waals surface area contributed by atoms with Crippen LogP contribution >= 0.6 is 23.1 Å². The fraction of sp³-hybridized carbons (Fsp3) is 0.667. The van der Waals surface area contributed by atoms with Crippen molar-refractivity contribution in [3.63, 3.8) is 0 Å². The van der Waals surface area contributed by atoms with E-state index in [2.05, 4.69) is 34.0 Å². The summed E-state index contributed by atoms with van der Waals surface area (Å²) >= 11 is 3.85. The lowest BCUT2D eigenvalue weighted by Crippen LogP contribution is -2.38. The summed E-state index contributed by atoms with van der Waals surface area (Å²) in [6.45, 7) is 0. The summed E-state index contributed by atoms with van der Waals surface area (Å²) < 4.78 is 0. The first-order valence-corrected chi connectivity index (χ1v) is 8.03. The van der Waals surface area contributed by atoms with Crippen molar-refractivity contribution in [1.82, 2.24) is 5.43 Å². The molecule has 1 atom stereocenters. The van der Waals surface area contributed by atoms with Crippen LogP contribution in [-0.2, 0) is 6.42 Å². The Bertz CT molecular complexity index is 281. The third kappa shape index (κ3) is 3.77. The van der Waals surface area contributed by atoms with E-state index in [4.69, 9.17) is 5.84 Å². The van der Waals surface area contributed by atoms with Crippen LogP contribution in [0.2, 0.25) is 0 Å². The van der Waals surface area contributed by atoms with Gasteiger partial charge in [0, 0.05) is 6.04 Å². The molecule has 2 rings (SSSR count). The van der Waals surface area contributed by atoms with E-state index in [0.29, 0.717) is 6.04 Å². The van der Waals surface area contributed by atoms with Crippen LogP contribution in [0.15, 0.2) is 16.8 Å². The van der Waals surface area contributed by atoms with Crippen molar-refractivity contribution in [2.75, 3.05) is 11.5 Å². The highest BCUT2D eigenvalue weighted by atomic mass is 32.2. The van der Waals surface area contributed by atoms with Crippen molar-refractivity contribution in [3.05, 3.63) is 22.4 Å². The van der Waals surface area contributed by atoms with Gasteiger partial charge < -0.3 is 0 Å². The predicted octanol–water partition coefficient (Wildman–Crippen LogP) is 2.66. The summed E-state index contributed by atoms with van der Waals surface area (Å²) in [7, 11) is 0. The Morgan fingerprint density at radius 1 is 1.44 bits per heavy atom. The van der Waals surface area contributed by atoms with Crippen LogP contribution in [0.25, 0.3) is 0 Å². The van der Waals surface area contributed by atoms with Crippen LogP contribution in [0.4, 0.5) is 0 Å². The van der Waals surface area contributed by atoms with E-state index in [9.17, 15) is 0 Å². The van der Waals surface area contributed by atoms with Gasteiger partial charge >= 0.3 is 0 Å². The minimum Gasteiger partial charge on any atom is -0.271 e. The molecule has 0 aliphatic carbocycles. The van der Waals surface area contributed by atoms with Gasteiger partial charge in [0.2, 0.25) is 0 Å². The van der Waals surface area contributed by atoms with Gasteiger partial charge in [-0.25, -0.2) is 0 Å². The normalized spacial score (nSPS) is 19.8. The second-order valence-electron chi connectivity index (χ2n) is 4.49. The highest BCUT2D eigenvalue weighted by molar-refractivity contribution is 7.99. The number of hydrogen-bond donors (Lipinski definition) is 2. The SMILES string of the molecule is NNC(Cc1ccsc1)CC1CCSCC1. The number of nitrogens with two attached hydrogens (primary N) is 1. The zero-order chi connectivity index (χ0) is 11.2. The van der Waals surface area contributed by atoms with Gasteiger partial charge in [-0.3, -0.25) is 11.3 Å². The van der Waals surface area contributed by atoms with Crippen LogP contribution in [0, 0.1) is 5.92 Å². The molecule has 16 heavy (non-hydrogen) atoms. The molecule has 3 N–H and O–H groups in total. The molecule has 0 radical (unpaired) electrons. The van der Waals surface area contributed by atoms with Gasteiger partial charge in [0.15, 0.2) is 0 Å². The molecule has 1 aliphatic rings. The van der Waals surface area contributed by atoms with Crippen LogP contribution in [0.5, 0.6) is 0 Å². The molecule has 1 saturated heterocycles. The first-order chi connectivity index (χ1) is 7.88. The summed E-state index contributed by atoms with van der Waals surface area (Å²) in [5.41, 5.74) is 4.40. The molecule has 1 aromatic heterocycles. The average molecular weight is 256 g/mol. The van der Waals surface area contributed by atoms with Crippen LogP contribution in [0.3, 0.4) is 0 Å². The number of thioether (sulfide) groups is 1. The molecule has 2 heterocycles. The lowest BCUT2D eigenvalue weighted by molar-refractivity contribution is 0.366. The van der Waals surface area contributed by atoms with E-state index in [0.717, 1.165) is 12.3 Å². The molecular weight excluding hydrogens is 236 g/mol. The highest BCUT2D eigenvalue weighted by Gasteiger charge is 2.18. The standard InChI is InChI=1S/C12H20N2S2/c13-14-12(8-11-3-6-16-9-11)7-10-1-4-15-5-2-10/h3,6,9-10,12,14H,1-2,4-5,7-8,13H2. The van der Waals surface area contributed by atoms with Gasteiger partial charge in [0.25, 0.3) is 0 Å². The van der Waals surface area contributed by atoms with Crippen molar-refractivity contribution in [1.29, 1.82) is 0 Å². The molecule has 0 aromatic carbocycles. The van der Waals surface area contributed by atoms with E-state index >= 15 is 0 Å². The molecular formula is C12H20N2S2. The maximum absolute atomic E-state index is 5.65. The van der Waals surface area contributed by atoms with E-state index in [-0.39, 0.29) is 0 Å². The van der Waals surface area contributed by atoms with Crippen molar-refractivity contribution in [2.45, 2.75) is 31.7 Å². The summed E-state index contributed by atoms with van der Waals surface area (Å²) in [4.78, 5) is 0. The maximum Gasteiger partial charge on any atom is 0.0253 e. The molecule has 0 saturated carbocycles. The molecule has 1 fully saturated rings. The zero-order valence-electron chi connectivity index (χ0n) is 9.52. The van der Waals surface area contributed by atoms with Gasteiger partial charge in [-0.15, -0.1) is 0 Å². The quantitative estimate of drug-likeness (QED) is 0.628. The monoisotopic (exact) mass is 256 g/mol. The number of rotatable bonds is 5. The highest BCUT2D eigenvalue weighted by Crippen LogP contribution is 2.27. The van der Waals surface area contributed by atoms with Gasteiger partial charge in [-0.2, -0.15) is 23.1 Å². The summed E-state index contributed by atoms with van der Waals surface area (Å²) in [6, 6.07) is 2.65. The van der Waals surface area contributed by atoms with E-state index in [1.165, 1.54) is 36.3 Å². The zero-order valence-corrected chi connectivity index (χ0v) is 11.2. The maximum atomic E-state index is 5.65. The van der Waals surface area contributed by atoms with Crippen molar-refractivity contribution in [3.8, 4) is 0 Å². The first kappa shape index (κ1) is 12.4. The van der Waals surface area contributed by atoms with Gasteiger partial charge in [-0.05, 0) is 65.5 Å². The van der Waals surface area contributed by atoms with Crippen LogP contribution in [-0.4, -0.2) is 17.5 Å². The Morgan fingerprint density at radius 3 is 2.88 bits per heavy atom. The second kappa shape index (κ2) is 6.64. The largest absolute Gasteiger partial charge is 0.271 e.